The van der Waals surface area contributed by atoms with Crippen LogP contribution in [0.25, 0.3) is 0 Å². The van der Waals surface area contributed by atoms with Crippen LogP contribution in [0, 0.1) is 23.4 Å². The van der Waals surface area contributed by atoms with Gasteiger partial charge in [-0.3, -0.25) is 19.3 Å². The molecule has 10 heteroatoms. The first-order chi connectivity index (χ1) is 15.8. The standard InChI is InChI=1S/C23H25F3N4O3/c24-17-6-7-18(22(26)21(17)25)29-19(31)13-27-20(32)14-30-10-8-16(9-11-30)23(33)28-12-15-4-2-1-3-5-15/h1-7,16H,8-14H2,(H,27,32)(H,28,33)(H,29,31). The number of rotatable bonds is 8. The molecule has 1 saturated heterocycles. The van der Waals surface area contributed by atoms with Gasteiger partial charge in [-0.05, 0) is 43.6 Å². The topological polar surface area (TPSA) is 90.5 Å². The van der Waals surface area contributed by atoms with Gasteiger partial charge < -0.3 is 16.0 Å². The van der Waals surface area contributed by atoms with Gasteiger partial charge in [0.25, 0.3) is 0 Å². The van der Waals surface area contributed by atoms with Gasteiger partial charge in [-0.15, -0.1) is 0 Å². The van der Waals surface area contributed by atoms with Gasteiger partial charge in [0.15, 0.2) is 17.5 Å². The van der Waals surface area contributed by atoms with Crippen molar-refractivity contribution in [1.29, 1.82) is 0 Å². The fraction of sp³-hybridized carbons (Fsp3) is 0.348. The molecule has 7 nitrogen and oxygen atoms in total. The van der Waals surface area contributed by atoms with E-state index in [-0.39, 0.29) is 18.4 Å². The Morgan fingerprint density at radius 2 is 1.58 bits per heavy atom. The predicted octanol–water partition coefficient (Wildman–Crippen LogP) is 2.19. The van der Waals surface area contributed by atoms with Crippen LogP contribution >= 0.6 is 0 Å². The fourth-order valence-electron chi connectivity index (χ4n) is 3.54. The van der Waals surface area contributed by atoms with Crippen LogP contribution in [-0.4, -0.2) is 48.8 Å². The summed E-state index contributed by atoms with van der Waals surface area (Å²) in [6.45, 7) is 1.19. The number of benzene rings is 2. The van der Waals surface area contributed by atoms with E-state index in [2.05, 4.69) is 16.0 Å². The normalized spacial score (nSPS) is 14.5. The largest absolute Gasteiger partial charge is 0.352 e. The van der Waals surface area contributed by atoms with Crippen molar-refractivity contribution in [3.63, 3.8) is 0 Å². The SMILES string of the molecule is O=C(CN1CCC(C(=O)NCc2ccccc2)CC1)NCC(=O)Nc1ccc(F)c(F)c1F. The quantitative estimate of drug-likeness (QED) is 0.525. The number of hydrogen-bond acceptors (Lipinski definition) is 4. The van der Waals surface area contributed by atoms with Crippen LogP contribution in [0.1, 0.15) is 18.4 Å². The molecule has 1 aliphatic rings. The van der Waals surface area contributed by atoms with Gasteiger partial charge in [0, 0.05) is 12.5 Å². The van der Waals surface area contributed by atoms with E-state index in [1.807, 2.05) is 35.2 Å². The number of carbonyl (C=O) groups is 3. The van der Waals surface area contributed by atoms with Crippen molar-refractivity contribution in [2.75, 3.05) is 31.5 Å². The lowest BCUT2D eigenvalue weighted by Gasteiger charge is -2.30. The summed E-state index contributed by atoms with van der Waals surface area (Å²) >= 11 is 0. The molecule has 2 aromatic carbocycles. The van der Waals surface area contributed by atoms with Crippen molar-refractivity contribution in [3.8, 4) is 0 Å². The lowest BCUT2D eigenvalue weighted by Crippen LogP contribution is -2.45. The third kappa shape index (κ3) is 7.04. The Kier molecular flexibility index (Phi) is 8.42. The number of halogens is 3. The molecule has 0 radical (unpaired) electrons. The molecule has 1 heterocycles. The molecule has 0 bridgehead atoms. The fourth-order valence-corrected chi connectivity index (χ4v) is 3.54. The number of likely N-dealkylation sites (tertiary alicyclic amines) is 1. The highest BCUT2D eigenvalue weighted by atomic mass is 19.2. The van der Waals surface area contributed by atoms with Gasteiger partial charge in [0.2, 0.25) is 17.7 Å². The maximum Gasteiger partial charge on any atom is 0.243 e. The van der Waals surface area contributed by atoms with Crippen LogP contribution < -0.4 is 16.0 Å². The third-order valence-corrected chi connectivity index (χ3v) is 5.39. The van der Waals surface area contributed by atoms with E-state index in [0.717, 1.165) is 11.6 Å². The number of anilines is 1. The number of carbonyl (C=O) groups excluding carboxylic acids is 3. The van der Waals surface area contributed by atoms with Crippen molar-refractivity contribution < 1.29 is 27.6 Å². The summed E-state index contributed by atoms with van der Waals surface area (Å²) in [6, 6.07) is 11.2. The van der Waals surface area contributed by atoms with Crippen molar-refractivity contribution >= 4 is 23.4 Å². The first kappa shape index (κ1) is 24.2. The molecular formula is C23H25F3N4O3. The Morgan fingerprint density at radius 3 is 2.27 bits per heavy atom. The molecule has 1 aliphatic heterocycles. The lowest BCUT2D eigenvalue weighted by molar-refractivity contribution is -0.127. The Morgan fingerprint density at radius 1 is 0.879 bits per heavy atom. The van der Waals surface area contributed by atoms with E-state index in [1.54, 1.807) is 0 Å². The summed E-state index contributed by atoms with van der Waals surface area (Å²) in [5, 5.41) is 7.43. The van der Waals surface area contributed by atoms with Gasteiger partial charge in [-0.25, -0.2) is 13.2 Å². The molecule has 0 unspecified atom stereocenters. The summed E-state index contributed by atoms with van der Waals surface area (Å²) in [7, 11) is 0. The van der Waals surface area contributed by atoms with Gasteiger partial charge in [0.05, 0.1) is 18.8 Å². The first-order valence-electron chi connectivity index (χ1n) is 10.6. The zero-order valence-electron chi connectivity index (χ0n) is 17.9. The van der Waals surface area contributed by atoms with Crippen LogP contribution in [0.15, 0.2) is 42.5 Å². The van der Waals surface area contributed by atoms with E-state index in [9.17, 15) is 27.6 Å². The molecule has 0 aromatic heterocycles. The molecule has 1 fully saturated rings. The van der Waals surface area contributed by atoms with Crippen molar-refractivity contribution in [2.45, 2.75) is 19.4 Å². The van der Waals surface area contributed by atoms with E-state index >= 15 is 0 Å². The summed E-state index contributed by atoms with van der Waals surface area (Å²) in [6.07, 6.45) is 1.23. The molecule has 2 aromatic rings. The second kappa shape index (κ2) is 11.5. The Hall–Kier alpha value is -3.40. The lowest BCUT2D eigenvalue weighted by atomic mass is 9.96. The number of hydrogen-bond donors (Lipinski definition) is 3. The number of amides is 3. The van der Waals surface area contributed by atoms with Crippen LogP contribution in [0.5, 0.6) is 0 Å². The molecule has 3 amide bonds. The van der Waals surface area contributed by atoms with Crippen molar-refractivity contribution in [1.82, 2.24) is 15.5 Å². The highest BCUT2D eigenvalue weighted by molar-refractivity contribution is 5.94. The minimum Gasteiger partial charge on any atom is -0.352 e. The molecule has 3 rings (SSSR count). The summed E-state index contributed by atoms with van der Waals surface area (Å²) in [4.78, 5) is 38.2. The average Bonchev–Trinajstić information content (AvgIpc) is 2.83. The zero-order valence-corrected chi connectivity index (χ0v) is 17.9. The summed E-state index contributed by atoms with van der Waals surface area (Å²) in [5.41, 5.74) is 0.511. The molecule has 0 atom stereocenters. The monoisotopic (exact) mass is 462 g/mol. The minimum absolute atomic E-state index is 0.0101. The maximum atomic E-state index is 13.6. The predicted molar refractivity (Wildman–Crippen MR) is 115 cm³/mol. The van der Waals surface area contributed by atoms with E-state index < -0.39 is 41.5 Å². The van der Waals surface area contributed by atoms with Gasteiger partial charge in [0.1, 0.15) is 0 Å². The van der Waals surface area contributed by atoms with Crippen molar-refractivity contribution in [2.24, 2.45) is 5.92 Å². The number of nitrogens with one attached hydrogen (secondary N) is 3. The highest BCUT2D eigenvalue weighted by Gasteiger charge is 2.26. The number of nitrogens with zero attached hydrogens (tertiary/aromatic N) is 1. The second-order valence-electron chi connectivity index (χ2n) is 7.80. The van der Waals surface area contributed by atoms with E-state index in [4.69, 9.17) is 0 Å². The van der Waals surface area contributed by atoms with E-state index in [0.29, 0.717) is 38.5 Å². The third-order valence-electron chi connectivity index (χ3n) is 5.39. The molecule has 33 heavy (non-hydrogen) atoms. The Balaban J connectivity index is 1.35. The molecule has 0 aliphatic carbocycles. The summed E-state index contributed by atoms with van der Waals surface area (Å²) in [5.74, 6) is -5.88. The van der Waals surface area contributed by atoms with Crippen LogP contribution in [-0.2, 0) is 20.9 Å². The molecular weight excluding hydrogens is 437 g/mol. The van der Waals surface area contributed by atoms with Gasteiger partial charge in [-0.2, -0.15) is 0 Å². The molecule has 0 spiro atoms. The number of piperidine rings is 1. The Bertz CT molecular complexity index is 996. The smallest absolute Gasteiger partial charge is 0.243 e. The molecule has 176 valence electrons. The Labute approximate surface area is 189 Å². The minimum atomic E-state index is -1.69. The van der Waals surface area contributed by atoms with Crippen LogP contribution in [0.4, 0.5) is 18.9 Å². The maximum absolute atomic E-state index is 13.6. The second-order valence-corrected chi connectivity index (χ2v) is 7.80. The average molecular weight is 462 g/mol. The van der Waals surface area contributed by atoms with Crippen molar-refractivity contribution in [3.05, 3.63) is 65.5 Å². The molecule has 3 N–H and O–H groups in total. The van der Waals surface area contributed by atoms with Crippen LogP contribution in [0.3, 0.4) is 0 Å². The highest BCUT2D eigenvalue weighted by Crippen LogP contribution is 2.19. The van der Waals surface area contributed by atoms with Crippen LogP contribution in [0.2, 0.25) is 0 Å². The summed E-state index contributed by atoms with van der Waals surface area (Å²) < 4.78 is 39.8. The van der Waals surface area contributed by atoms with Gasteiger partial charge >= 0.3 is 0 Å². The molecule has 0 saturated carbocycles. The zero-order chi connectivity index (χ0) is 23.8. The van der Waals surface area contributed by atoms with Gasteiger partial charge in [-0.1, -0.05) is 30.3 Å². The first-order valence-corrected chi connectivity index (χ1v) is 10.6. The van der Waals surface area contributed by atoms with E-state index in [1.165, 1.54) is 0 Å².